The lowest BCUT2D eigenvalue weighted by molar-refractivity contribution is 0.102. The van der Waals surface area contributed by atoms with Gasteiger partial charge in [-0.2, -0.15) is 0 Å². The lowest BCUT2D eigenvalue weighted by atomic mass is 9.96. The van der Waals surface area contributed by atoms with Gasteiger partial charge in [-0.1, -0.05) is 25.3 Å². The molecule has 1 saturated carbocycles. The van der Waals surface area contributed by atoms with E-state index in [1.165, 1.54) is 38.3 Å². The minimum atomic E-state index is -0.239. The highest BCUT2D eigenvalue weighted by atomic mass is 16.1. The zero-order valence-corrected chi connectivity index (χ0v) is 14.3. The van der Waals surface area contributed by atoms with Gasteiger partial charge in [-0.15, -0.1) is 0 Å². The van der Waals surface area contributed by atoms with E-state index in [0.29, 0.717) is 11.7 Å². The minimum Gasteiger partial charge on any atom is -0.366 e. The molecular weight excluding hydrogens is 300 g/mol. The van der Waals surface area contributed by atoms with E-state index in [9.17, 15) is 4.79 Å². The van der Waals surface area contributed by atoms with Crippen molar-refractivity contribution < 1.29 is 4.79 Å². The Labute approximate surface area is 142 Å². The largest absolute Gasteiger partial charge is 0.366 e. The summed E-state index contributed by atoms with van der Waals surface area (Å²) in [5.74, 6) is 0.501. The van der Waals surface area contributed by atoms with Crippen LogP contribution in [0.5, 0.6) is 0 Å². The molecule has 0 bridgehead atoms. The van der Waals surface area contributed by atoms with E-state index < -0.39 is 0 Å². The van der Waals surface area contributed by atoms with E-state index in [-0.39, 0.29) is 5.91 Å². The maximum atomic E-state index is 12.3. The highest BCUT2D eigenvalue weighted by molar-refractivity contribution is 6.02. The summed E-state index contributed by atoms with van der Waals surface area (Å²) in [5, 5.41) is 6.29. The molecule has 1 aliphatic carbocycles. The van der Waals surface area contributed by atoms with Gasteiger partial charge in [0.1, 0.15) is 11.5 Å². The predicted octanol–water partition coefficient (Wildman–Crippen LogP) is 4.09. The Morgan fingerprint density at radius 1 is 1.00 bits per heavy atom. The monoisotopic (exact) mass is 324 g/mol. The third kappa shape index (κ3) is 4.31. The molecule has 0 unspecified atom stereocenters. The van der Waals surface area contributed by atoms with Crippen LogP contribution in [0.15, 0.2) is 30.6 Å². The van der Waals surface area contributed by atoms with Gasteiger partial charge < -0.3 is 10.6 Å². The Hall–Kier alpha value is -2.43. The number of nitrogens with zero attached hydrogens (tertiary/aromatic N) is 2. The van der Waals surface area contributed by atoms with Crippen LogP contribution in [0.1, 0.15) is 53.7 Å². The molecule has 1 aromatic heterocycles. The van der Waals surface area contributed by atoms with E-state index in [2.05, 4.69) is 26.7 Å². The summed E-state index contributed by atoms with van der Waals surface area (Å²) >= 11 is 0. The Morgan fingerprint density at radius 3 is 2.33 bits per heavy atom. The van der Waals surface area contributed by atoms with Crippen LogP contribution in [0, 0.1) is 13.8 Å². The second-order valence-electron chi connectivity index (χ2n) is 6.60. The fourth-order valence-electron chi connectivity index (χ4n) is 3.22. The topological polar surface area (TPSA) is 66.9 Å². The SMILES string of the molecule is Cc1cc(C)cc(NC(=O)c2cnc(NC3CCCCC3)cn2)c1. The van der Waals surface area contributed by atoms with Gasteiger partial charge in [0.15, 0.2) is 0 Å². The van der Waals surface area contributed by atoms with E-state index in [4.69, 9.17) is 0 Å². The molecule has 2 aromatic rings. The van der Waals surface area contributed by atoms with Crippen molar-refractivity contribution >= 4 is 17.4 Å². The van der Waals surface area contributed by atoms with Gasteiger partial charge in [0.25, 0.3) is 5.91 Å². The smallest absolute Gasteiger partial charge is 0.275 e. The molecule has 0 saturated heterocycles. The van der Waals surface area contributed by atoms with Crippen molar-refractivity contribution in [3.05, 3.63) is 47.4 Å². The molecule has 126 valence electrons. The van der Waals surface area contributed by atoms with Crippen LogP contribution >= 0.6 is 0 Å². The van der Waals surface area contributed by atoms with Gasteiger partial charge in [0.2, 0.25) is 0 Å². The normalized spacial score (nSPS) is 15.1. The Morgan fingerprint density at radius 2 is 1.71 bits per heavy atom. The lowest BCUT2D eigenvalue weighted by Crippen LogP contribution is -2.23. The predicted molar refractivity (Wildman–Crippen MR) is 96.4 cm³/mol. The number of anilines is 2. The Bertz CT molecular complexity index is 686. The second-order valence-corrected chi connectivity index (χ2v) is 6.60. The van der Waals surface area contributed by atoms with E-state index >= 15 is 0 Å². The first-order chi connectivity index (χ1) is 11.6. The molecule has 1 aromatic carbocycles. The molecule has 1 heterocycles. The van der Waals surface area contributed by atoms with Crippen LogP contribution in [0.3, 0.4) is 0 Å². The zero-order valence-electron chi connectivity index (χ0n) is 14.3. The first kappa shape index (κ1) is 16.4. The van der Waals surface area contributed by atoms with Crippen LogP contribution in [-0.4, -0.2) is 21.9 Å². The molecule has 0 radical (unpaired) electrons. The number of benzene rings is 1. The average molecular weight is 324 g/mol. The molecule has 2 N–H and O–H groups in total. The number of rotatable bonds is 4. The number of carbonyl (C=O) groups is 1. The van der Waals surface area contributed by atoms with Gasteiger partial charge in [0, 0.05) is 11.7 Å². The maximum Gasteiger partial charge on any atom is 0.275 e. The molecule has 5 heteroatoms. The Kier molecular flexibility index (Phi) is 5.08. The van der Waals surface area contributed by atoms with Crippen molar-refractivity contribution in [1.82, 2.24) is 9.97 Å². The van der Waals surface area contributed by atoms with Crippen molar-refractivity contribution in [3.63, 3.8) is 0 Å². The molecule has 1 fully saturated rings. The van der Waals surface area contributed by atoms with Crippen molar-refractivity contribution in [2.75, 3.05) is 10.6 Å². The molecule has 1 amide bonds. The van der Waals surface area contributed by atoms with Crippen LogP contribution in [0.2, 0.25) is 0 Å². The van der Waals surface area contributed by atoms with E-state index in [1.807, 2.05) is 26.0 Å². The molecule has 0 atom stereocenters. The number of carbonyl (C=O) groups excluding carboxylic acids is 1. The molecular formula is C19H24N4O. The number of aromatic nitrogens is 2. The molecule has 24 heavy (non-hydrogen) atoms. The van der Waals surface area contributed by atoms with Gasteiger partial charge in [0.05, 0.1) is 12.4 Å². The van der Waals surface area contributed by atoms with Crippen LogP contribution in [-0.2, 0) is 0 Å². The molecule has 5 nitrogen and oxygen atoms in total. The zero-order chi connectivity index (χ0) is 16.9. The number of hydrogen-bond donors (Lipinski definition) is 2. The van der Waals surface area contributed by atoms with Gasteiger partial charge in [-0.3, -0.25) is 4.79 Å². The van der Waals surface area contributed by atoms with Gasteiger partial charge in [-0.25, -0.2) is 9.97 Å². The summed E-state index contributed by atoms with van der Waals surface area (Å²) in [5.41, 5.74) is 3.33. The quantitative estimate of drug-likeness (QED) is 0.889. The van der Waals surface area contributed by atoms with E-state index in [1.54, 1.807) is 6.20 Å². The number of hydrogen-bond acceptors (Lipinski definition) is 4. The summed E-state index contributed by atoms with van der Waals surface area (Å²) in [6.45, 7) is 4.02. The number of amides is 1. The summed E-state index contributed by atoms with van der Waals surface area (Å²) in [6, 6.07) is 6.43. The standard InChI is InChI=1S/C19H24N4O/c1-13-8-14(2)10-16(9-13)23-19(24)17-11-21-18(12-20-17)22-15-6-4-3-5-7-15/h8-12,15H,3-7H2,1-2H3,(H,21,22)(H,23,24). The molecule has 0 aliphatic heterocycles. The first-order valence-corrected chi connectivity index (χ1v) is 8.58. The number of aryl methyl sites for hydroxylation is 2. The summed E-state index contributed by atoms with van der Waals surface area (Å²) in [6.07, 6.45) is 9.38. The van der Waals surface area contributed by atoms with Gasteiger partial charge >= 0.3 is 0 Å². The third-order valence-corrected chi connectivity index (χ3v) is 4.32. The fourth-order valence-corrected chi connectivity index (χ4v) is 3.22. The van der Waals surface area contributed by atoms with Crippen LogP contribution < -0.4 is 10.6 Å². The van der Waals surface area contributed by atoms with Crippen molar-refractivity contribution in [2.24, 2.45) is 0 Å². The number of nitrogens with one attached hydrogen (secondary N) is 2. The average Bonchev–Trinajstić information content (AvgIpc) is 2.55. The first-order valence-electron chi connectivity index (χ1n) is 8.58. The molecule has 3 rings (SSSR count). The second kappa shape index (κ2) is 7.43. The van der Waals surface area contributed by atoms with Crippen molar-refractivity contribution in [3.8, 4) is 0 Å². The highest BCUT2D eigenvalue weighted by Gasteiger charge is 2.14. The third-order valence-electron chi connectivity index (χ3n) is 4.32. The molecule has 0 spiro atoms. The van der Waals surface area contributed by atoms with Crippen LogP contribution in [0.25, 0.3) is 0 Å². The fraction of sp³-hybridized carbons (Fsp3) is 0.421. The van der Waals surface area contributed by atoms with Crippen LogP contribution in [0.4, 0.5) is 11.5 Å². The van der Waals surface area contributed by atoms with Gasteiger partial charge in [-0.05, 0) is 49.9 Å². The molecule has 1 aliphatic rings. The summed E-state index contributed by atoms with van der Waals surface area (Å²) in [7, 11) is 0. The lowest BCUT2D eigenvalue weighted by Gasteiger charge is -2.23. The van der Waals surface area contributed by atoms with Crippen molar-refractivity contribution in [1.29, 1.82) is 0 Å². The minimum absolute atomic E-state index is 0.239. The van der Waals surface area contributed by atoms with E-state index in [0.717, 1.165) is 22.6 Å². The van der Waals surface area contributed by atoms with Crippen molar-refractivity contribution in [2.45, 2.75) is 52.0 Å². The summed E-state index contributed by atoms with van der Waals surface area (Å²) < 4.78 is 0. The highest BCUT2D eigenvalue weighted by Crippen LogP contribution is 2.20. The maximum absolute atomic E-state index is 12.3. The Balaban J connectivity index is 1.62. The summed E-state index contributed by atoms with van der Waals surface area (Å²) in [4.78, 5) is 20.9.